The van der Waals surface area contributed by atoms with E-state index < -0.39 is 17.7 Å². The van der Waals surface area contributed by atoms with Crippen molar-refractivity contribution in [1.82, 2.24) is 10.2 Å². The van der Waals surface area contributed by atoms with Gasteiger partial charge in [-0.3, -0.25) is 14.5 Å². The number of hydrogen-bond acceptors (Lipinski definition) is 9. The van der Waals surface area contributed by atoms with Crippen LogP contribution in [-0.4, -0.2) is 40.7 Å². The minimum atomic E-state index is -0.964. The van der Waals surface area contributed by atoms with Crippen LogP contribution in [0.4, 0.5) is 9.52 Å². The number of aliphatic hydroxyl groups excluding tert-OH is 1. The number of aliphatic hydroxyl groups is 1. The zero-order valence-corrected chi connectivity index (χ0v) is 24.6. The summed E-state index contributed by atoms with van der Waals surface area (Å²) in [6, 6.07) is 19.1. The molecule has 0 aliphatic carbocycles. The number of methoxy groups -OCH3 is 1. The Morgan fingerprint density at radius 2 is 1.74 bits per heavy atom. The van der Waals surface area contributed by atoms with E-state index in [9.17, 15) is 19.1 Å². The van der Waals surface area contributed by atoms with Crippen molar-refractivity contribution in [2.45, 2.75) is 35.9 Å². The van der Waals surface area contributed by atoms with Crippen LogP contribution in [0.15, 0.2) is 82.7 Å². The number of ether oxygens (including phenoxy) is 2. The molecule has 0 radical (unpaired) electrons. The molecule has 11 heteroatoms. The second-order valence-electron chi connectivity index (χ2n) is 9.40. The Hall–Kier alpha value is -4.22. The summed E-state index contributed by atoms with van der Waals surface area (Å²) in [5, 5.41) is 19.9. The van der Waals surface area contributed by atoms with Gasteiger partial charge in [0.1, 0.15) is 23.1 Å². The van der Waals surface area contributed by atoms with Crippen molar-refractivity contribution in [3.8, 4) is 11.5 Å². The minimum absolute atomic E-state index is 0.0689. The number of anilines is 1. The normalized spacial score (nSPS) is 16.2. The van der Waals surface area contributed by atoms with Crippen LogP contribution in [0.25, 0.3) is 5.76 Å². The first-order valence-electron chi connectivity index (χ1n) is 13.3. The third kappa shape index (κ3) is 6.17. The third-order valence-electron chi connectivity index (χ3n) is 6.68. The molecule has 4 aromatic rings. The van der Waals surface area contributed by atoms with Crippen LogP contribution in [0.5, 0.6) is 11.5 Å². The van der Waals surface area contributed by atoms with Gasteiger partial charge < -0.3 is 14.6 Å². The largest absolute Gasteiger partial charge is 0.507 e. The summed E-state index contributed by atoms with van der Waals surface area (Å²) in [6.07, 6.45) is 1.92. The molecule has 0 spiro atoms. The highest BCUT2D eigenvalue weighted by Crippen LogP contribution is 2.44. The summed E-state index contributed by atoms with van der Waals surface area (Å²) in [6.45, 7) is 2.65. The van der Waals surface area contributed by atoms with Crippen molar-refractivity contribution in [2.24, 2.45) is 0 Å². The molecule has 8 nitrogen and oxygen atoms in total. The van der Waals surface area contributed by atoms with Gasteiger partial charge in [0.15, 0.2) is 4.34 Å². The topological polar surface area (TPSA) is 102 Å². The Bertz CT molecular complexity index is 1610. The van der Waals surface area contributed by atoms with Crippen LogP contribution < -0.4 is 14.4 Å². The summed E-state index contributed by atoms with van der Waals surface area (Å²) in [7, 11) is 1.53. The van der Waals surface area contributed by atoms with Crippen molar-refractivity contribution in [3.05, 3.63) is 101 Å². The fourth-order valence-electron chi connectivity index (χ4n) is 4.44. The lowest BCUT2D eigenvalue weighted by Crippen LogP contribution is -2.29. The number of benzene rings is 3. The maximum Gasteiger partial charge on any atom is 0.301 e. The maximum absolute atomic E-state index is 14.1. The summed E-state index contributed by atoms with van der Waals surface area (Å²) in [5.41, 5.74) is 1.39. The van der Waals surface area contributed by atoms with Gasteiger partial charge in [0.25, 0.3) is 5.78 Å². The number of Topliss-reactive ketones (excluding diaryl/α,β-unsaturated/α-hetero) is 1. The molecule has 5 rings (SSSR count). The molecule has 1 unspecified atom stereocenters. The number of unbranched alkanes of at least 4 members (excludes halogenated alkanes) is 1. The first-order valence-corrected chi connectivity index (χ1v) is 15.1. The maximum atomic E-state index is 14.1. The van der Waals surface area contributed by atoms with Gasteiger partial charge in [0, 0.05) is 11.3 Å². The second kappa shape index (κ2) is 13.2. The van der Waals surface area contributed by atoms with E-state index in [1.54, 1.807) is 66.7 Å². The zero-order valence-electron chi connectivity index (χ0n) is 23.0. The quantitative estimate of drug-likeness (QED) is 0.0499. The number of carbonyl (C=O) groups is 2. The molecule has 2 heterocycles. The minimum Gasteiger partial charge on any atom is -0.507 e. The van der Waals surface area contributed by atoms with E-state index in [2.05, 4.69) is 17.1 Å². The van der Waals surface area contributed by atoms with E-state index in [4.69, 9.17) is 9.47 Å². The summed E-state index contributed by atoms with van der Waals surface area (Å²) in [5.74, 6) is -0.752. The predicted octanol–water partition coefficient (Wildman–Crippen LogP) is 6.78. The molecule has 1 saturated heterocycles. The van der Waals surface area contributed by atoms with Crippen molar-refractivity contribution >= 4 is 45.7 Å². The van der Waals surface area contributed by atoms with E-state index in [-0.39, 0.29) is 22.3 Å². The summed E-state index contributed by atoms with van der Waals surface area (Å²) >= 11 is 2.39. The number of amides is 1. The molecule has 1 aromatic heterocycles. The number of thioether (sulfide) groups is 1. The number of rotatable bonds is 11. The van der Waals surface area contributed by atoms with Gasteiger partial charge in [-0.25, -0.2) is 4.39 Å². The van der Waals surface area contributed by atoms with Crippen LogP contribution in [0, 0.1) is 5.82 Å². The first-order chi connectivity index (χ1) is 20.4. The van der Waals surface area contributed by atoms with Crippen molar-refractivity contribution < 1.29 is 28.6 Å². The highest BCUT2D eigenvalue weighted by molar-refractivity contribution is 8.00. The fraction of sp³-hybridized carbons (Fsp3) is 0.226. The van der Waals surface area contributed by atoms with Crippen molar-refractivity contribution in [1.29, 1.82) is 0 Å². The summed E-state index contributed by atoms with van der Waals surface area (Å²) < 4.78 is 25.6. The Morgan fingerprint density at radius 3 is 2.43 bits per heavy atom. The molecule has 1 aliphatic rings. The Kier molecular flexibility index (Phi) is 9.19. The lowest BCUT2D eigenvalue weighted by atomic mass is 9.95. The van der Waals surface area contributed by atoms with Gasteiger partial charge in [0.05, 0.1) is 25.3 Å². The highest BCUT2D eigenvalue weighted by Gasteiger charge is 2.48. The van der Waals surface area contributed by atoms with E-state index in [1.165, 1.54) is 29.8 Å². The van der Waals surface area contributed by atoms with Crippen molar-refractivity contribution in [2.75, 3.05) is 18.6 Å². The number of hydrogen-bond donors (Lipinski definition) is 1. The molecule has 1 atom stereocenters. The molecule has 1 fully saturated rings. The number of aromatic nitrogens is 2. The van der Waals surface area contributed by atoms with Gasteiger partial charge in [-0.05, 0) is 60.0 Å². The molecule has 3 aromatic carbocycles. The van der Waals surface area contributed by atoms with E-state index in [0.29, 0.717) is 44.9 Å². The number of nitrogens with zero attached hydrogens (tertiary/aromatic N) is 3. The van der Waals surface area contributed by atoms with Gasteiger partial charge in [0.2, 0.25) is 5.13 Å². The molecule has 42 heavy (non-hydrogen) atoms. The van der Waals surface area contributed by atoms with Crippen LogP contribution in [0.1, 0.15) is 42.5 Å². The van der Waals surface area contributed by atoms with E-state index in [0.717, 1.165) is 24.2 Å². The first kappa shape index (κ1) is 29.3. The SMILES string of the molecule is CCCCOc1ccc(C2/C(=C(/O)c3ccc(OC)cc3)C(=O)C(=O)N2c2nnc(SCc3ccccc3F)s2)cc1. The Labute approximate surface area is 250 Å². The van der Waals surface area contributed by atoms with Gasteiger partial charge in [-0.15, -0.1) is 10.2 Å². The summed E-state index contributed by atoms with van der Waals surface area (Å²) in [4.78, 5) is 28.2. The van der Waals surface area contributed by atoms with E-state index in [1.807, 2.05) is 0 Å². The standard InChI is InChI=1S/C31H28FN3O5S2/c1-3-4-17-40-23-15-9-19(10-16-23)26-25(27(36)20-11-13-22(39-2)14-12-20)28(37)29(38)35(26)30-33-34-31(42-30)41-18-21-7-5-6-8-24(21)32/h5-16,26,36H,3-4,17-18H2,1-2H3/b27-25-. The van der Waals surface area contributed by atoms with Gasteiger partial charge >= 0.3 is 5.91 Å². The average molecular weight is 606 g/mol. The lowest BCUT2D eigenvalue weighted by Gasteiger charge is -2.22. The Balaban J connectivity index is 1.51. The van der Waals surface area contributed by atoms with Crippen LogP contribution in [-0.2, 0) is 15.3 Å². The molecule has 0 bridgehead atoms. The van der Waals surface area contributed by atoms with Crippen LogP contribution >= 0.6 is 23.1 Å². The number of carbonyl (C=O) groups excluding carboxylic acids is 2. The predicted molar refractivity (Wildman–Crippen MR) is 160 cm³/mol. The molecular weight excluding hydrogens is 577 g/mol. The zero-order chi connectivity index (χ0) is 29.6. The smallest absolute Gasteiger partial charge is 0.301 e. The fourth-order valence-corrected chi connectivity index (χ4v) is 6.30. The second-order valence-corrected chi connectivity index (χ2v) is 11.6. The third-order valence-corrected chi connectivity index (χ3v) is 8.79. The number of ketones is 1. The van der Waals surface area contributed by atoms with Gasteiger partial charge in [-0.2, -0.15) is 0 Å². The van der Waals surface area contributed by atoms with Crippen LogP contribution in [0.2, 0.25) is 0 Å². The number of halogens is 1. The molecular formula is C31H28FN3O5S2. The molecule has 1 N–H and O–H groups in total. The molecule has 0 saturated carbocycles. The molecule has 1 aliphatic heterocycles. The average Bonchev–Trinajstić information content (AvgIpc) is 3.58. The van der Waals surface area contributed by atoms with Crippen molar-refractivity contribution in [3.63, 3.8) is 0 Å². The molecule has 216 valence electrons. The van der Waals surface area contributed by atoms with Gasteiger partial charge in [-0.1, -0.05) is 66.8 Å². The molecule has 1 amide bonds. The Morgan fingerprint density at radius 1 is 1.02 bits per heavy atom. The van der Waals surface area contributed by atoms with E-state index >= 15 is 0 Å². The monoisotopic (exact) mass is 605 g/mol. The lowest BCUT2D eigenvalue weighted by molar-refractivity contribution is -0.132. The highest BCUT2D eigenvalue weighted by atomic mass is 32.2. The van der Waals surface area contributed by atoms with Crippen LogP contribution in [0.3, 0.4) is 0 Å².